The largest absolute Gasteiger partial charge is 0.507 e. The van der Waals surface area contributed by atoms with Crippen molar-refractivity contribution < 1.29 is 14.3 Å². The molecular formula is C11H11BrFNO2. The molecule has 0 heterocycles. The Balaban J connectivity index is 2.21. The molecule has 3 nitrogen and oxygen atoms in total. The van der Waals surface area contributed by atoms with E-state index in [1.54, 1.807) is 0 Å². The van der Waals surface area contributed by atoms with Gasteiger partial charge in [-0.2, -0.15) is 0 Å². The quantitative estimate of drug-likeness (QED) is 0.838. The van der Waals surface area contributed by atoms with Crippen LogP contribution in [0.5, 0.6) is 5.75 Å². The molecule has 1 fully saturated rings. The van der Waals surface area contributed by atoms with Crippen molar-refractivity contribution in [1.82, 2.24) is 5.32 Å². The molecule has 2 N–H and O–H groups in total. The molecular weight excluding hydrogens is 277 g/mol. The zero-order chi connectivity index (χ0) is 11.8. The lowest BCUT2D eigenvalue weighted by Gasteiger charge is -2.14. The lowest BCUT2D eigenvalue weighted by molar-refractivity contribution is 0.0929. The van der Waals surface area contributed by atoms with Crippen LogP contribution >= 0.6 is 15.9 Å². The monoisotopic (exact) mass is 287 g/mol. The van der Waals surface area contributed by atoms with Gasteiger partial charge in [0.1, 0.15) is 17.1 Å². The Morgan fingerprint density at radius 3 is 2.75 bits per heavy atom. The molecule has 0 aromatic heterocycles. The average molecular weight is 288 g/mol. The second-order valence-electron chi connectivity index (χ2n) is 4.00. The van der Waals surface area contributed by atoms with Crippen LogP contribution in [-0.4, -0.2) is 21.9 Å². The van der Waals surface area contributed by atoms with Crippen LogP contribution < -0.4 is 5.32 Å². The molecule has 0 spiro atoms. The Labute approximate surface area is 101 Å². The molecule has 0 aliphatic heterocycles. The van der Waals surface area contributed by atoms with Crippen molar-refractivity contribution in [3.8, 4) is 5.75 Å². The summed E-state index contributed by atoms with van der Waals surface area (Å²) < 4.78 is 13.4. The second-order valence-corrected chi connectivity index (χ2v) is 4.56. The molecule has 1 saturated carbocycles. The topological polar surface area (TPSA) is 49.3 Å². The van der Waals surface area contributed by atoms with Crippen molar-refractivity contribution in [3.63, 3.8) is 0 Å². The van der Waals surface area contributed by atoms with Crippen LogP contribution in [0, 0.1) is 5.82 Å². The van der Waals surface area contributed by atoms with Crippen molar-refractivity contribution in [2.45, 2.75) is 18.4 Å². The van der Waals surface area contributed by atoms with Crippen LogP contribution in [-0.2, 0) is 0 Å². The summed E-state index contributed by atoms with van der Waals surface area (Å²) in [5, 5.41) is 12.8. The molecule has 16 heavy (non-hydrogen) atoms. The molecule has 1 aliphatic carbocycles. The maximum absolute atomic E-state index is 13.4. The predicted octanol–water partition coefficient (Wildman–Crippen LogP) is 2.19. The number of aromatic hydroxyl groups is 1. The molecule has 1 aliphatic rings. The third-order valence-corrected chi connectivity index (χ3v) is 3.78. The SMILES string of the molecule is O=C(NC1(CBr)CC1)c1c(O)cccc1F. The molecule has 0 atom stereocenters. The Bertz CT molecular complexity index is 412. The van der Waals surface area contributed by atoms with Crippen LogP contribution in [0.25, 0.3) is 0 Å². The number of amides is 1. The molecule has 1 amide bonds. The van der Waals surface area contributed by atoms with Gasteiger partial charge in [-0.15, -0.1) is 0 Å². The highest BCUT2D eigenvalue weighted by atomic mass is 79.9. The number of carbonyl (C=O) groups is 1. The van der Waals surface area contributed by atoms with Crippen LogP contribution in [0.15, 0.2) is 18.2 Å². The smallest absolute Gasteiger partial charge is 0.258 e. The first-order valence-electron chi connectivity index (χ1n) is 4.94. The van der Waals surface area contributed by atoms with Crippen LogP contribution in [0.2, 0.25) is 0 Å². The van der Waals surface area contributed by atoms with Crippen molar-refractivity contribution in [1.29, 1.82) is 0 Å². The Kier molecular flexibility index (Phi) is 2.88. The van der Waals surface area contributed by atoms with Crippen LogP contribution in [0.3, 0.4) is 0 Å². The van der Waals surface area contributed by atoms with E-state index in [1.165, 1.54) is 12.1 Å². The standard InChI is InChI=1S/C11H11BrFNO2/c12-6-11(4-5-11)14-10(16)9-7(13)2-1-3-8(9)15/h1-3,15H,4-6H2,(H,14,16). The van der Waals surface area contributed by atoms with Crippen molar-refractivity contribution >= 4 is 21.8 Å². The predicted molar refractivity (Wildman–Crippen MR) is 61.3 cm³/mol. The van der Waals surface area contributed by atoms with E-state index < -0.39 is 11.7 Å². The van der Waals surface area contributed by atoms with Crippen molar-refractivity contribution in [2.24, 2.45) is 0 Å². The lowest BCUT2D eigenvalue weighted by Crippen LogP contribution is -2.38. The van der Waals surface area contributed by atoms with E-state index in [0.717, 1.165) is 18.9 Å². The summed E-state index contributed by atoms with van der Waals surface area (Å²) in [6.45, 7) is 0. The number of hydrogen-bond acceptors (Lipinski definition) is 2. The van der Waals surface area contributed by atoms with Gasteiger partial charge in [-0.1, -0.05) is 22.0 Å². The highest BCUT2D eigenvalue weighted by Crippen LogP contribution is 2.37. The molecule has 1 aromatic rings. The minimum Gasteiger partial charge on any atom is -0.507 e. The summed E-state index contributed by atoms with van der Waals surface area (Å²) in [6, 6.07) is 3.81. The summed E-state index contributed by atoms with van der Waals surface area (Å²) >= 11 is 3.30. The molecule has 2 rings (SSSR count). The fourth-order valence-electron chi connectivity index (χ4n) is 1.48. The maximum Gasteiger partial charge on any atom is 0.258 e. The maximum atomic E-state index is 13.4. The Morgan fingerprint density at radius 2 is 2.25 bits per heavy atom. The van der Waals surface area contributed by atoms with Crippen LogP contribution in [0.1, 0.15) is 23.2 Å². The van der Waals surface area contributed by atoms with Gasteiger partial charge in [-0.05, 0) is 25.0 Å². The first kappa shape index (κ1) is 11.4. The molecule has 86 valence electrons. The Morgan fingerprint density at radius 1 is 1.56 bits per heavy atom. The van der Waals surface area contributed by atoms with Gasteiger partial charge in [0, 0.05) is 5.33 Å². The van der Waals surface area contributed by atoms with Gasteiger partial charge in [0.05, 0.1) is 5.54 Å². The van der Waals surface area contributed by atoms with E-state index in [1.807, 2.05) is 0 Å². The summed E-state index contributed by atoms with van der Waals surface area (Å²) in [6.07, 6.45) is 1.75. The molecule has 0 unspecified atom stereocenters. The average Bonchev–Trinajstić information content (AvgIpc) is 2.98. The van der Waals surface area contributed by atoms with E-state index in [9.17, 15) is 14.3 Å². The van der Waals surface area contributed by atoms with Crippen LogP contribution in [0.4, 0.5) is 4.39 Å². The number of hydrogen-bond donors (Lipinski definition) is 2. The van der Waals surface area contributed by atoms with Gasteiger partial charge >= 0.3 is 0 Å². The van der Waals surface area contributed by atoms with E-state index >= 15 is 0 Å². The third-order valence-electron chi connectivity index (χ3n) is 2.71. The van der Waals surface area contributed by atoms with E-state index in [2.05, 4.69) is 21.2 Å². The van der Waals surface area contributed by atoms with Crippen molar-refractivity contribution in [3.05, 3.63) is 29.6 Å². The van der Waals surface area contributed by atoms with E-state index in [4.69, 9.17) is 0 Å². The summed E-state index contributed by atoms with van der Waals surface area (Å²) in [4.78, 5) is 11.8. The van der Waals surface area contributed by atoms with Gasteiger partial charge in [-0.3, -0.25) is 4.79 Å². The lowest BCUT2D eigenvalue weighted by atomic mass is 10.1. The molecule has 1 aromatic carbocycles. The number of rotatable bonds is 3. The van der Waals surface area contributed by atoms with E-state index in [0.29, 0.717) is 5.33 Å². The number of benzene rings is 1. The normalized spacial score (nSPS) is 16.9. The highest BCUT2D eigenvalue weighted by molar-refractivity contribution is 9.09. The zero-order valence-corrected chi connectivity index (χ0v) is 10.1. The van der Waals surface area contributed by atoms with Gasteiger partial charge in [-0.25, -0.2) is 4.39 Å². The van der Waals surface area contributed by atoms with Gasteiger partial charge in [0.15, 0.2) is 0 Å². The highest BCUT2D eigenvalue weighted by Gasteiger charge is 2.43. The number of phenolic OH excluding ortho intramolecular Hbond substituents is 1. The number of alkyl halides is 1. The van der Waals surface area contributed by atoms with Crippen molar-refractivity contribution in [2.75, 3.05) is 5.33 Å². The molecule has 0 radical (unpaired) electrons. The molecule has 5 heteroatoms. The first-order chi connectivity index (χ1) is 7.58. The minimum absolute atomic E-state index is 0.258. The zero-order valence-electron chi connectivity index (χ0n) is 8.46. The fraction of sp³-hybridized carbons (Fsp3) is 0.364. The Hall–Kier alpha value is -1.10. The molecule has 0 saturated heterocycles. The first-order valence-corrected chi connectivity index (χ1v) is 6.06. The summed E-state index contributed by atoms with van der Waals surface area (Å²) in [5.74, 6) is -1.60. The summed E-state index contributed by atoms with van der Waals surface area (Å²) in [5.41, 5.74) is -0.541. The number of nitrogens with one attached hydrogen (secondary N) is 1. The number of phenols is 1. The van der Waals surface area contributed by atoms with E-state index in [-0.39, 0.29) is 16.9 Å². The van der Waals surface area contributed by atoms with Gasteiger partial charge < -0.3 is 10.4 Å². The summed E-state index contributed by atoms with van der Waals surface area (Å²) in [7, 11) is 0. The fourth-order valence-corrected chi connectivity index (χ4v) is 2.18. The third kappa shape index (κ3) is 2.04. The number of halogens is 2. The second kappa shape index (κ2) is 4.05. The van der Waals surface area contributed by atoms with Gasteiger partial charge in [0.2, 0.25) is 0 Å². The number of carbonyl (C=O) groups excluding carboxylic acids is 1. The van der Waals surface area contributed by atoms with Gasteiger partial charge in [0.25, 0.3) is 5.91 Å². The molecule has 0 bridgehead atoms. The minimum atomic E-state index is -0.706.